The maximum Gasteiger partial charge on any atom is 0.161 e. The van der Waals surface area contributed by atoms with E-state index in [4.69, 9.17) is 4.74 Å². The van der Waals surface area contributed by atoms with Crippen LogP contribution in [0, 0.1) is 5.92 Å². The first-order chi connectivity index (χ1) is 12.0. The highest BCUT2D eigenvalue weighted by Crippen LogP contribution is 2.19. The topological polar surface area (TPSA) is 36.0 Å². The molecule has 5 heteroatoms. The summed E-state index contributed by atoms with van der Waals surface area (Å²) >= 11 is 0. The Hall–Kier alpha value is -0.490. The molecule has 0 spiro atoms. The van der Waals surface area contributed by atoms with E-state index in [1.807, 2.05) is 0 Å². The predicted molar refractivity (Wildman–Crippen MR) is 103 cm³/mol. The Labute approximate surface area is 154 Å². The van der Waals surface area contributed by atoms with Gasteiger partial charge in [-0.3, -0.25) is 9.69 Å². The van der Waals surface area contributed by atoms with Crippen LogP contribution >= 0.6 is 0 Å². The molecule has 25 heavy (non-hydrogen) atoms. The van der Waals surface area contributed by atoms with Crippen molar-refractivity contribution >= 4 is 5.78 Å². The summed E-state index contributed by atoms with van der Waals surface area (Å²) in [5.74, 6) is 0.535. The molecule has 0 aromatic rings. The van der Waals surface area contributed by atoms with Crippen LogP contribution in [0.4, 0.5) is 0 Å². The number of ketones is 1. The summed E-state index contributed by atoms with van der Waals surface area (Å²) in [6.07, 6.45) is 3.03. The molecule has 0 aliphatic carbocycles. The van der Waals surface area contributed by atoms with Gasteiger partial charge in [-0.15, -0.1) is 0 Å². The Morgan fingerprint density at radius 1 is 0.920 bits per heavy atom. The van der Waals surface area contributed by atoms with Gasteiger partial charge in [0.05, 0.1) is 0 Å². The van der Waals surface area contributed by atoms with Crippen LogP contribution in [0.3, 0.4) is 0 Å². The molecule has 0 amide bonds. The molecule has 2 saturated heterocycles. The number of nitrogens with zero attached hydrogens (tertiary/aromatic N) is 3. The summed E-state index contributed by atoms with van der Waals surface area (Å²) in [7, 11) is 0. The highest BCUT2D eigenvalue weighted by Gasteiger charge is 2.25. The van der Waals surface area contributed by atoms with Crippen molar-refractivity contribution in [3.8, 4) is 0 Å². The molecule has 0 N–H and O–H groups in total. The lowest BCUT2D eigenvalue weighted by Crippen LogP contribution is -2.49. The van der Waals surface area contributed by atoms with Gasteiger partial charge >= 0.3 is 0 Å². The molecule has 0 bridgehead atoms. The maximum absolute atomic E-state index is 12.3. The number of carbonyl (C=O) groups is 1. The molecular formula is C20H39N3O2. The number of hydrogen-bond acceptors (Lipinski definition) is 5. The van der Waals surface area contributed by atoms with Gasteiger partial charge in [-0.05, 0) is 60.0 Å². The number of piperidine rings is 1. The SMILES string of the molecule is CC(C)N1CCC(C(=O)COCCCN2CCN(C(C)C)CC2)CC1. The fraction of sp³-hybridized carbons (Fsp3) is 0.950. The van der Waals surface area contributed by atoms with Gasteiger partial charge in [-0.2, -0.15) is 0 Å². The Balaban J connectivity index is 1.50. The zero-order valence-electron chi connectivity index (χ0n) is 16.9. The quantitative estimate of drug-likeness (QED) is 0.593. The summed E-state index contributed by atoms with van der Waals surface area (Å²) in [4.78, 5) is 19.8. The number of Topliss-reactive ketones (excluding diaryl/α,β-unsaturated/α-hetero) is 1. The van der Waals surface area contributed by atoms with Gasteiger partial charge in [0.15, 0.2) is 5.78 Å². The van der Waals surface area contributed by atoms with Crippen LogP contribution < -0.4 is 0 Å². The summed E-state index contributed by atoms with van der Waals surface area (Å²) < 4.78 is 5.67. The summed E-state index contributed by atoms with van der Waals surface area (Å²) in [5.41, 5.74) is 0. The fourth-order valence-electron chi connectivity index (χ4n) is 3.92. The zero-order chi connectivity index (χ0) is 18.2. The number of piperazine rings is 1. The number of rotatable bonds is 9. The van der Waals surface area contributed by atoms with Crippen LogP contribution in [-0.2, 0) is 9.53 Å². The van der Waals surface area contributed by atoms with Crippen molar-refractivity contribution in [1.29, 1.82) is 0 Å². The molecule has 0 radical (unpaired) electrons. The second kappa shape index (κ2) is 10.6. The van der Waals surface area contributed by atoms with Crippen LogP contribution in [0.5, 0.6) is 0 Å². The molecule has 0 saturated carbocycles. The lowest BCUT2D eigenvalue weighted by atomic mass is 9.92. The van der Waals surface area contributed by atoms with Crippen LogP contribution in [0.15, 0.2) is 0 Å². The monoisotopic (exact) mass is 353 g/mol. The van der Waals surface area contributed by atoms with Gasteiger partial charge in [0.1, 0.15) is 6.61 Å². The van der Waals surface area contributed by atoms with E-state index in [0.717, 1.165) is 52.0 Å². The number of likely N-dealkylation sites (tertiary alicyclic amines) is 1. The number of hydrogen-bond donors (Lipinski definition) is 0. The predicted octanol–water partition coefficient (Wildman–Crippen LogP) is 2.11. The molecule has 2 rings (SSSR count). The molecule has 146 valence electrons. The third-order valence-electron chi connectivity index (χ3n) is 5.86. The van der Waals surface area contributed by atoms with Crippen LogP contribution in [0.1, 0.15) is 47.0 Å². The minimum atomic E-state index is 0.221. The molecular weight excluding hydrogens is 314 g/mol. The van der Waals surface area contributed by atoms with E-state index in [1.165, 1.54) is 13.1 Å². The number of carbonyl (C=O) groups excluding carboxylic acids is 1. The van der Waals surface area contributed by atoms with Crippen molar-refractivity contribution in [3.63, 3.8) is 0 Å². The van der Waals surface area contributed by atoms with Crippen LogP contribution in [-0.4, -0.2) is 91.6 Å². The van der Waals surface area contributed by atoms with Crippen LogP contribution in [0.2, 0.25) is 0 Å². The molecule has 0 aromatic carbocycles. The third kappa shape index (κ3) is 6.97. The summed E-state index contributed by atoms with van der Waals surface area (Å²) in [6.45, 7) is 17.9. The van der Waals surface area contributed by atoms with Gasteiger partial charge in [0.2, 0.25) is 0 Å². The van der Waals surface area contributed by atoms with E-state index in [9.17, 15) is 4.79 Å². The summed E-state index contributed by atoms with van der Waals surface area (Å²) in [5, 5.41) is 0. The lowest BCUT2D eigenvalue weighted by Gasteiger charge is -2.36. The van der Waals surface area contributed by atoms with E-state index >= 15 is 0 Å². The Bertz CT molecular complexity index is 384. The highest BCUT2D eigenvalue weighted by molar-refractivity contribution is 5.82. The van der Waals surface area contributed by atoms with Gasteiger partial charge in [0, 0.05) is 57.3 Å². The normalized spacial score (nSPS) is 22.2. The number of ether oxygens (including phenoxy) is 1. The molecule has 2 fully saturated rings. The smallest absolute Gasteiger partial charge is 0.161 e. The Morgan fingerprint density at radius 2 is 1.48 bits per heavy atom. The first kappa shape index (κ1) is 20.8. The molecule has 5 nitrogen and oxygen atoms in total. The van der Waals surface area contributed by atoms with Gasteiger partial charge in [0.25, 0.3) is 0 Å². The van der Waals surface area contributed by atoms with E-state index in [1.54, 1.807) is 0 Å². The first-order valence-electron chi connectivity index (χ1n) is 10.3. The standard InChI is InChI=1S/C20H39N3O2/c1-17(2)22-9-6-19(7-10-22)20(24)16-25-15-5-8-21-11-13-23(14-12-21)18(3)4/h17-19H,5-16H2,1-4H3. The summed E-state index contributed by atoms with van der Waals surface area (Å²) in [6, 6.07) is 1.25. The van der Waals surface area contributed by atoms with Crippen molar-refractivity contribution in [3.05, 3.63) is 0 Å². The van der Waals surface area contributed by atoms with Crippen molar-refractivity contribution in [2.24, 2.45) is 5.92 Å². The Kier molecular flexibility index (Phi) is 8.83. The molecule has 0 atom stereocenters. The molecule has 0 unspecified atom stereocenters. The van der Waals surface area contributed by atoms with Crippen molar-refractivity contribution < 1.29 is 9.53 Å². The minimum absolute atomic E-state index is 0.221. The Morgan fingerprint density at radius 3 is 2.04 bits per heavy atom. The van der Waals surface area contributed by atoms with Gasteiger partial charge in [-0.1, -0.05) is 0 Å². The highest BCUT2D eigenvalue weighted by atomic mass is 16.5. The minimum Gasteiger partial charge on any atom is -0.374 e. The molecule has 0 aromatic heterocycles. The average molecular weight is 354 g/mol. The molecule has 2 aliphatic rings. The van der Waals surface area contributed by atoms with Gasteiger partial charge in [-0.25, -0.2) is 0 Å². The van der Waals surface area contributed by atoms with E-state index in [2.05, 4.69) is 42.4 Å². The second-order valence-corrected chi connectivity index (χ2v) is 8.25. The van der Waals surface area contributed by atoms with E-state index in [0.29, 0.717) is 31.1 Å². The van der Waals surface area contributed by atoms with Crippen LogP contribution in [0.25, 0.3) is 0 Å². The first-order valence-corrected chi connectivity index (χ1v) is 10.3. The molecule has 2 heterocycles. The maximum atomic E-state index is 12.3. The van der Waals surface area contributed by atoms with Gasteiger partial charge < -0.3 is 14.5 Å². The van der Waals surface area contributed by atoms with E-state index < -0.39 is 0 Å². The zero-order valence-corrected chi connectivity index (χ0v) is 16.9. The largest absolute Gasteiger partial charge is 0.374 e. The van der Waals surface area contributed by atoms with E-state index in [-0.39, 0.29) is 5.92 Å². The van der Waals surface area contributed by atoms with Crippen molar-refractivity contribution in [2.75, 3.05) is 59.0 Å². The van der Waals surface area contributed by atoms with Crippen molar-refractivity contribution in [1.82, 2.24) is 14.7 Å². The van der Waals surface area contributed by atoms with Crippen molar-refractivity contribution in [2.45, 2.75) is 59.0 Å². The second-order valence-electron chi connectivity index (χ2n) is 8.25. The third-order valence-corrected chi connectivity index (χ3v) is 5.86. The fourth-order valence-corrected chi connectivity index (χ4v) is 3.92. The lowest BCUT2D eigenvalue weighted by molar-refractivity contribution is -0.129. The average Bonchev–Trinajstić information content (AvgIpc) is 2.61. The molecule has 2 aliphatic heterocycles.